The zero-order chi connectivity index (χ0) is 20.2. The third-order valence-corrected chi connectivity index (χ3v) is 5.47. The number of aryl methyl sites for hydroxylation is 1. The zero-order valence-electron chi connectivity index (χ0n) is 14.9. The van der Waals surface area contributed by atoms with E-state index in [2.05, 4.69) is 9.46 Å². The lowest BCUT2D eigenvalue weighted by Gasteiger charge is -2.13. The van der Waals surface area contributed by atoms with Crippen LogP contribution in [0.25, 0.3) is 0 Å². The molecule has 0 radical (unpaired) electrons. The fourth-order valence-corrected chi connectivity index (χ4v) is 3.93. The van der Waals surface area contributed by atoms with Crippen LogP contribution < -0.4 is 4.72 Å². The van der Waals surface area contributed by atoms with Gasteiger partial charge in [0.2, 0.25) is 0 Å². The molecule has 2 aromatic rings. The van der Waals surface area contributed by atoms with Crippen LogP contribution in [0.2, 0.25) is 5.02 Å². The van der Waals surface area contributed by atoms with E-state index in [0.29, 0.717) is 11.1 Å². The van der Waals surface area contributed by atoms with Crippen molar-refractivity contribution in [1.82, 2.24) is 0 Å². The Kier molecular flexibility index (Phi) is 6.45. The van der Waals surface area contributed by atoms with Gasteiger partial charge in [0.15, 0.2) is 0 Å². The first-order chi connectivity index (χ1) is 12.7. The number of rotatable bonds is 6. The van der Waals surface area contributed by atoms with Gasteiger partial charge < -0.3 is 9.47 Å². The SMILES string of the molecule is CCOC(=O)c1ccc(NS(=O)(=O)c2cc(C(=O)OC)ccc2Cl)c(C)c1. The predicted octanol–water partition coefficient (Wildman–Crippen LogP) is 3.41. The van der Waals surface area contributed by atoms with Crippen LogP contribution in [0.15, 0.2) is 41.3 Å². The molecular weight excluding hydrogens is 394 g/mol. The molecule has 0 atom stereocenters. The number of carbonyl (C=O) groups is 2. The molecule has 2 rings (SSSR count). The van der Waals surface area contributed by atoms with Crippen molar-refractivity contribution in [3.8, 4) is 0 Å². The fraction of sp³-hybridized carbons (Fsp3) is 0.222. The second-order valence-corrected chi connectivity index (χ2v) is 7.55. The molecule has 0 spiro atoms. The van der Waals surface area contributed by atoms with E-state index >= 15 is 0 Å². The van der Waals surface area contributed by atoms with Gasteiger partial charge in [0.05, 0.1) is 35.6 Å². The number of halogens is 1. The third-order valence-electron chi connectivity index (χ3n) is 3.62. The van der Waals surface area contributed by atoms with Gasteiger partial charge in [0.25, 0.3) is 10.0 Å². The molecule has 1 N–H and O–H groups in total. The molecule has 0 aromatic heterocycles. The third kappa shape index (κ3) is 4.78. The molecule has 0 aliphatic heterocycles. The quantitative estimate of drug-likeness (QED) is 0.731. The number of anilines is 1. The summed E-state index contributed by atoms with van der Waals surface area (Å²) in [4.78, 5) is 23.2. The van der Waals surface area contributed by atoms with E-state index in [9.17, 15) is 18.0 Å². The molecule has 144 valence electrons. The lowest BCUT2D eigenvalue weighted by Crippen LogP contribution is -2.16. The number of methoxy groups -OCH3 is 1. The number of benzene rings is 2. The second-order valence-electron chi connectivity index (χ2n) is 5.49. The van der Waals surface area contributed by atoms with E-state index in [1.165, 1.54) is 37.4 Å². The number of nitrogens with one attached hydrogen (secondary N) is 1. The number of carbonyl (C=O) groups excluding carboxylic acids is 2. The van der Waals surface area contributed by atoms with Crippen molar-refractivity contribution in [2.24, 2.45) is 0 Å². The highest BCUT2D eigenvalue weighted by Crippen LogP contribution is 2.27. The van der Waals surface area contributed by atoms with Gasteiger partial charge in [0, 0.05) is 0 Å². The summed E-state index contributed by atoms with van der Waals surface area (Å²) in [5.74, 6) is -1.18. The van der Waals surface area contributed by atoms with E-state index < -0.39 is 22.0 Å². The summed E-state index contributed by atoms with van der Waals surface area (Å²) in [7, 11) is -2.89. The lowest BCUT2D eigenvalue weighted by atomic mass is 10.1. The van der Waals surface area contributed by atoms with Crippen LogP contribution in [0, 0.1) is 6.92 Å². The van der Waals surface area contributed by atoms with Crippen LogP contribution in [0.3, 0.4) is 0 Å². The maximum absolute atomic E-state index is 12.7. The van der Waals surface area contributed by atoms with Crippen molar-refractivity contribution < 1.29 is 27.5 Å². The Morgan fingerprint density at radius 2 is 1.70 bits per heavy atom. The highest BCUT2D eigenvalue weighted by molar-refractivity contribution is 7.92. The van der Waals surface area contributed by atoms with Gasteiger partial charge in [-0.3, -0.25) is 4.72 Å². The highest BCUT2D eigenvalue weighted by Gasteiger charge is 2.22. The zero-order valence-corrected chi connectivity index (χ0v) is 16.5. The molecule has 0 bridgehead atoms. The Morgan fingerprint density at radius 1 is 1.07 bits per heavy atom. The van der Waals surface area contributed by atoms with Crippen LogP contribution in [0.1, 0.15) is 33.2 Å². The molecule has 2 aromatic carbocycles. The Bertz CT molecular complexity index is 987. The molecule has 0 fully saturated rings. The minimum Gasteiger partial charge on any atom is -0.465 e. The second kappa shape index (κ2) is 8.41. The maximum atomic E-state index is 12.7. The van der Waals surface area contributed by atoms with Gasteiger partial charge in [-0.05, 0) is 55.8 Å². The van der Waals surface area contributed by atoms with Crippen molar-refractivity contribution in [1.29, 1.82) is 0 Å². The minimum atomic E-state index is -4.08. The van der Waals surface area contributed by atoms with Gasteiger partial charge in [-0.15, -0.1) is 0 Å². The fourth-order valence-electron chi connectivity index (χ4n) is 2.27. The highest BCUT2D eigenvalue weighted by atomic mass is 35.5. The summed E-state index contributed by atoms with van der Waals surface area (Å²) in [6, 6.07) is 8.24. The van der Waals surface area contributed by atoms with Crippen LogP contribution in [0.4, 0.5) is 5.69 Å². The van der Waals surface area contributed by atoms with Crippen molar-refractivity contribution in [2.45, 2.75) is 18.7 Å². The van der Waals surface area contributed by atoms with Crippen molar-refractivity contribution in [3.63, 3.8) is 0 Å². The normalized spacial score (nSPS) is 11.0. The molecule has 0 saturated carbocycles. The van der Waals surface area contributed by atoms with Crippen molar-refractivity contribution in [3.05, 3.63) is 58.1 Å². The Hall–Kier alpha value is -2.58. The van der Waals surface area contributed by atoms with E-state index in [0.717, 1.165) is 6.07 Å². The summed E-state index contributed by atoms with van der Waals surface area (Å²) in [6.07, 6.45) is 0. The summed E-state index contributed by atoms with van der Waals surface area (Å²) >= 11 is 6.00. The summed E-state index contributed by atoms with van der Waals surface area (Å²) < 4.78 is 37.4. The smallest absolute Gasteiger partial charge is 0.338 e. The first-order valence-corrected chi connectivity index (χ1v) is 9.74. The van der Waals surface area contributed by atoms with Crippen LogP contribution in [0.5, 0.6) is 0 Å². The number of hydrogen-bond acceptors (Lipinski definition) is 6. The van der Waals surface area contributed by atoms with Gasteiger partial charge in [-0.1, -0.05) is 11.6 Å². The first-order valence-electron chi connectivity index (χ1n) is 7.88. The number of ether oxygens (including phenoxy) is 2. The van der Waals surface area contributed by atoms with Crippen LogP contribution in [-0.2, 0) is 19.5 Å². The maximum Gasteiger partial charge on any atom is 0.338 e. The van der Waals surface area contributed by atoms with Gasteiger partial charge in [0.1, 0.15) is 4.90 Å². The van der Waals surface area contributed by atoms with E-state index in [4.69, 9.17) is 16.3 Å². The average molecular weight is 412 g/mol. The Morgan fingerprint density at radius 3 is 2.30 bits per heavy atom. The topological polar surface area (TPSA) is 98.8 Å². The van der Waals surface area contributed by atoms with Crippen molar-refractivity contribution in [2.75, 3.05) is 18.4 Å². The predicted molar refractivity (Wildman–Crippen MR) is 101 cm³/mol. The molecule has 27 heavy (non-hydrogen) atoms. The first kappa shape index (κ1) is 20.7. The van der Waals surface area contributed by atoms with Crippen LogP contribution in [-0.4, -0.2) is 34.1 Å². The van der Waals surface area contributed by atoms with Gasteiger partial charge >= 0.3 is 11.9 Å². The average Bonchev–Trinajstić information content (AvgIpc) is 2.63. The van der Waals surface area contributed by atoms with Crippen LogP contribution >= 0.6 is 11.6 Å². The summed E-state index contributed by atoms with van der Waals surface area (Å²) in [6.45, 7) is 3.58. The summed E-state index contributed by atoms with van der Waals surface area (Å²) in [5, 5.41) is -0.0454. The molecule has 0 aliphatic rings. The number of esters is 2. The van der Waals surface area contributed by atoms with Gasteiger partial charge in [-0.25, -0.2) is 18.0 Å². The van der Waals surface area contributed by atoms with Crippen molar-refractivity contribution >= 4 is 39.3 Å². The Labute approximate surface area is 162 Å². The molecule has 0 heterocycles. The minimum absolute atomic E-state index is 0.0454. The number of hydrogen-bond donors (Lipinski definition) is 1. The summed E-state index contributed by atoms with van der Waals surface area (Å²) in [5.41, 5.74) is 1.15. The molecule has 9 heteroatoms. The monoisotopic (exact) mass is 411 g/mol. The lowest BCUT2D eigenvalue weighted by molar-refractivity contribution is 0.0525. The van der Waals surface area contributed by atoms with Gasteiger partial charge in [-0.2, -0.15) is 0 Å². The molecule has 0 unspecified atom stereocenters. The molecule has 0 aliphatic carbocycles. The van der Waals surface area contributed by atoms with E-state index in [-0.39, 0.29) is 27.8 Å². The largest absolute Gasteiger partial charge is 0.465 e. The standard InChI is InChI=1S/C18H18ClNO6S/c1-4-26-18(22)12-6-8-15(11(2)9-12)20-27(23,24)16-10-13(17(21)25-3)5-7-14(16)19/h5-10,20H,4H2,1-3H3. The molecule has 0 saturated heterocycles. The molecule has 7 nitrogen and oxygen atoms in total. The Balaban J connectivity index is 2.37. The molecule has 0 amide bonds. The molecular formula is C18H18ClNO6S. The number of sulfonamides is 1. The van der Waals surface area contributed by atoms with E-state index in [1.54, 1.807) is 13.8 Å². The van der Waals surface area contributed by atoms with E-state index in [1.807, 2.05) is 0 Å².